The van der Waals surface area contributed by atoms with E-state index in [0.29, 0.717) is 5.02 Å². The van der Waals surface area contributed by atoms with E-state index in [1.54, 1.807) is 12.4 Å². The Hall–Kier alpha value is -1.45. The van der Waals surface area contributed by atoms with Crippen molar-refractivity contribution in [2.24, 2.45) is 0 Å². The molecule has 0 aliphatic heterocycles. The first kappa shape index (κ1) is 14.0. The number of rotatable bonds is 5. The van der Waals surface area contributed by atoms with Gasteiger partial charge in [0.25, 0.3) is 0 Å². The Kier molecular flexibility index (Phi) is 4.88. The van der Waals surface area contributed by atoms with Gasteiger partial charge >= 0.3 is 0 Å². The maximum Gasteiger partial charge on any atom is 0.0805 e. The van der Waals surface area contributed by atoms with Crippen LogP contribution in [0.25, 0.3) is 0 Å². The Labute approximate surface area is 119 Å². The summed E-state index contributed by atoms with van der Waals surface area (Å²) in [6.45, 7) is 5.13. The van der Waals surface area contributed by atoms with Crippen molar-refractivity contribution in [2.75, 3.05) is 6.54 Å². The van der Waals surface area contributed by atoms with E-state index in [-0.39, 0.29) is 6.04 Å². The smallest absolute Gasteiger partial charge is 0.0805 e. The summed E-state index contributed by atoms with van der Waals surface area (Å²) in [6.07, 6.45) is 6.51. The maximum atomic E-state index is 6.28. The first-order valence-electron chi connectivity index (χ1n) is 6.48. The van der Waals surface area contributed by atoms with Gasteiger partial charge in [-0.3, -0.25) is 9.97 Å². The van der Waals surface area contributed by atoms with E-state index in [0.717, 1.165) is 24.2 Å². The molecule has 100 valence electrons. The van der Waals surface area contributed by atoms with Gasteiger partial charge < -0.3 is 5.32 Å². The second kappa shape index (κ2) is 6.64. The van der Waals surface area contributed by atoms with E-state index in [1.165, 1.54) is 5.56 Å². The molecular formula is C15H18ClN3. The molecule has 0 radical (unpaired) electrons. The van der Waals surface area contributed by atoms with Gasteiger partial charge in [0.05, 0.1) is 16.8 Å². The number of aromatic nitrogens is 2. The Morgan fingerprint density at radius 3 is 2.84 bits per heavy atom. The molecule has 0 aliphatic rings. The van der Waals surface area contributed by atoms with Crippen LogP contribution in [-0.4, -0.2) is 16.5 Å². The second-order valence-corrected chi connectivity index (χ2v) is 4.90. The lowest BCUT2D eigenvalue weighted by Crippen LogP contribution is -2.25. The second-order valence-electron chi connectivity index (χ2n) is 4.49. The van der Waals surface area contributed by atoms with E-state index >= 15 is 0 Å². The molecule has 0 amide bonds. The van der Waals surface area contributed by atoms with Gasteiger partial charge in [0.2, 0.25) is 0 Å². The zero-order valence-corrected chi connectivity index (χ0v) is 12.0. The van der Waals surface area contributed by atoms with Crippen molar-refractivity contribution in [3.05, 3.63) is 58.6 Å². The summed E-state index contributed by atoms with van der Waals surface area (Å²) in [6, 6.07) is 5.71. The van der Waals surface area contributed by atoms with Gasteiger partial charge in [-0.2, -0.15) is 0 Å². The summed E-state index contributed by atoms with van der Waals surface area (Å²) >= 11 is 6.28. The first-order valence-corrected chi connectivity index (χ1v) is 6.86. The zero-order valence-electron chi connectivity index (χ0n) is 11.2. The number of aryl methyl sites for hydroxylation is 1. The molecule has 2 aromatic rings. The molecule has 0 fully saturated rings. The van der Waals surface area contributed by atoms with Crippen LogP contribution in [0.5, 0.6) is 0 Å². The van der Waals surface area contributed by atoms with Crippen LogP contribution in [0.3, 0.4) is 0 Å². The van der Waals surface area contributed by atoms with Crippen molar-refractivity contribution < 1.29 is 0 Å². The van der Waals surface area contributed by atoms with Crippen molar-refractivity contribution in [1.82, 2.24) is 15.3 Å². The molecule has 0 aromatic carbocycles. The SMILES string of the molecule is CCCNC(c1cnccc1C)c1ncccc1Cl. The van der Waals surface area contributed by atoms with Gasteiger partial charge in [-0.25, -0.2) is 0 Å². The van der Waals surface area contributed by atoms with Crippen molar-refractivity contribution in [3.8, 4) is 0 Å². The topological polar surface area (TPSA) is 37.8 Å². The molecule has 1 unspecified atom stereocenters. The molecule has 0 aliphatic carbocycles. The summed E-state index contributed by atoms with van der Waals surface area (Å²) in [4.78, 5) is 8.65. The molecule has 0 spiro atoms. The predicted molar refractivity (Wildman–Crippen MR) is 78.4 cm³/mol. The van der Waals surface area contributed by atoms with E-state index in [1.807, 2.05) is 24.4 Å². The van der Waals surface area contributed by atoms with Gasteiger partial charge in [0.15, 0.2) is 0 Å². The highest BCUT2D eigenvalue weighted by molar-refractivity contribution is 6.31. The predicted octanol–water partition coefficient (Wildman–Crippen LogP) is 3.53. The standard InChI is InChI=1S/C15H18ClN3/c1-3-7-18-14(12-10-17-9-6-11(12)2)15-13(16)5-4-8-19-15/h4-6,8-10,14,18H,3,7H2,1-2H3. The molecule has 3 nitrogen and oxygen atoms in total. The van der Waals surface area contributed by atoms with Gasteiger partial charge in [-0.05, 0) is 49.2 Å². The quantitative estimate of drug-likeness (QED) is 0.907. The molecule has 0 saturated carbocycles. The van der Waals surface area contributed by atoms with Crippen molar-refractivity contribution in [3.63, 3.8) is 0 Å². The molecule has 2 heterocycles. The third kappa shape index (κ3) is 3.31. The highest BCUT2D eigenvalue weighted by atomic mass is 35.5. The van der Waals surface area contributed by atoms with Crippen molar-refractivity contribution in [1.29, 1.82) is 0 Å². The van der Waals surface area contributed by atoms with Crippen LogP contribution in [-0.2, 0) is 0 Å². The average Bonchev–Trinajstić information content (AvgIpc) is 2.42. The number of hydrogen-bond acceptors (Lipinski definition) is 3. The molecule has 0 saturated heterocycles. The summed E-state index contributed by atoms with van der Waals surface area (Å²) < 4.78 is 0. The number of halogens is 1. The minimum atomic E-state index is -0.0117. The van der Waals surface area contributed by atoms with Gasteiger partial charge in [-0.15, -0.1) is 0 Å². The number of nitrogens with zero attached hydrogens (tertiary/aromatic N) is 2. The monoisotopic (exact) mass is 275 g/mol. The molecule has 0 bridgehead atoms. The fourth-order valence-electron chi connectivity index (χ4n) is 2.03. The number of pyridine rings is 2. The van der Waals surface area contributed by atoms with Crippen LogP contribution in [0, 0.1) is 6.92 Å². The Bertz CT molecular complexity index is 497. The van der Waals surface area contributed by atoms with Gasteiger partial charge in [-0.1, -0.05) is 18.5 Å². The summed E-state index contributed by atoms with van der Waals surface area (Å²) in [5.41, 5.74) is 3.16. The van der Waals surface area contributed by atoms with E-state index in [2.05, 4.69) is 29.1 Å². The molecular weight excluding hydrogens is 258 g/mol. The fourth-order valence-corrected chi connectivity index (χ4v) is 2.26. The summed E-state index contributed by atoms with van der Waals surface area (Å²) in [5.74, 6) is 0. The van der Waals surface area contributed by atoms with Gasteiger partial charge in [0, 0.05) is 18.6 Å². The third-order valence-corrected chi connectivity index (χ3v) is 3.37. The molecule has 4 heteroatoms. The molecule has 2 aromatic heterocycles. The first-order chi connectivity index (χ1) is 9.24. The van der Waals surface area contributed by atoms with Crippen LogP contribution in [0.1, 0.15) is 36.2 Å². The lowest BCUT2D eigenvalue weighted by molar-refractivity contribution is 0.583. The average molecular weight is 276 g/mol. The van der Waals surface area contributed by atoms with E-state index < -0.39 is 0 Å². The van der Waals surface area contributed by atoms with Crippen molar-refractivity contribution in [2.45, 2.75) is 26.3 Å². The lowest BCUT2D eigenvalue weighted by Gasteiger charge is -2.20. The van der Waals surface area contributed by atoms with Crippen LogP contribution < -0.4 is 5.32 Å². The molecule has 2 rings (SSSR count). The summed E-state index contributed by atoms with van der Waals surface area (Å²) in [7, 11) is 0. The molecule has 1 atom stereocenters. The van der Waals surface area contributed by atoms with Crippen molar-refractivity contribution >= 4 is 11.6 Å². The van der Waals surface area contributed by atoms with Gasteiger partial charge in [0.1, 0.15) is 0 Å². The minimum Gasteiger partial charge on any atom is -0.305 e. The Morgan fingerprint density at radius 1 is 1.32 bits per heavy atom. The normalized spacial score (nSPS) is 12.4. The zero-order chi connectivity index (χ0) is 13.7. The Balaban J connectivity index is 2.42. The molecule has 1 N–H and O–H groups in total. The Morgan fingerprint density at radius 2 is 2.16 bits per heavy atom. The fraction of sp³-hybridized carbons (Fsp3) is 0.333. The molecule has 19 heavy (non-hydrogen) atoms. The van der Waals surface area contributed by atoms with Crippen LogP contribution >= 0.6 is 11.6 Å². The summed E-state index contributed by atoms with van der Waals surface area (Å²) in [5, 5.41) is 4.18. The largest absolute Gasteiger partial charge is 0.305 e. The number of hydrogen-bond donors (Lipinski definition) is 1. The lowest BCUT2D eigenvalue weighted by atomic mass is 10.0. The van der Waals surface area contributed by atoms with Crippen LogP contribution in [0.4, 0.5) is 0 Å². The van der Waals surface area contributed by atoms with E-state index in [9.17, 15) is 0 Å². The number of nitrogens with one attached hydrogen (secondary N) is 1. The minimum absolute atomic E-state index is 0.0117. The van der Waals surface area contributed by atoms with E-state index in [4.69, 9.17) is 11.6 Å². The maximum absolute atomic E-state index is 6.28. The highest BCUT2D eigenvalue weighted by Crippen LogP contribution is 2.27. The highest BCUT2D eigenvalue weighted by Gasteiger charge is 2.19. The van der Waals surface area contributed by atoms with Crippen LogP contribution in [0.15, 0.2) is 36.8 Å². The van der Waals surface area contributed by atoms with Crippen LogP contribution in [0.2, 0.25) is 5.02 Å². The third-order valence-electron chi connectivity index (χ3n) is 3.05.